The molecule has 0 saturated carbocycles. The van der Waals surface area contributed by atoms with Gasteiger partial charge in [0.15, 0.2) is 11.6 Å². The molecule has 3 heteroatoms. The van der Waals surface area contributed by atoms with Gasteiger partial charge in [-0.3, -0.25) is 0 Å². The second-order valence-electron chi connectivity index (χ2n) is 4.98. The van der Waals surface area contributed by atoms with Gasteiger partial charge in [-0.2, -0.15) is 0 Å². The van der Waals surface area contributed by atoms with Crippen LogP contribution < -0.4 is 4.74 Å². The highest BCUT2D eigenvalue weighted by molar-refractivity contribution is 6.20. The Bertz CT molecular complexity index is 610. The molecule has 20 heavy (non-hydrogen) atoms. The van der Waals surface area contributed by atoms with Gasteiger partial charge >= 0.3 is 0 Å². The van der Waals surface area contributed by atoms with E-state index in [4.69, 9.17) is 16.3 Å². The van der Waals surface area contributed by atoms with Crippen molar-refractivity contribution in [3.8, 4) is 5.75 Å². The SMILES string of the molecule is COc1cc(C(Cl)Cc2ccc(C)c(C)c2)ccc1F. The quantitative estimate of drug-likeness (QED) is 0.723. The molecule has 0 fully saturated rings. The molecule has 0 spiro atoms. The molecular formula is C17H18ClFO. The molecular weight excluding hydrogens is 275 g/mol. The summed E-state index contributed by atoms with van der Waals surface area (Å²) in [6.07, 6.45) is 0.706. The predicted molar refractivity (Wildman–Crippen MR) is 81.2 cm³/mol. The van der Waals surface area contributed by atoms with Gasteiger partial charge in [-0.05, 0) is 54.7 Å². The highest BCUT2D eigenvalue weighted by atomic mass is 35.5. The second-order valence-corrected chi connectivity index (χ2v) is 5.51. The maximum Gasteiger partial charge on any atom is 0.165 e. The molecule has 2 rings (SSSR count). The van der Waals surface area contributed by atoms with Crippen LogP contribution in [0.5, 0.6) is 5.75 Å². The van der Waals surface area contributed by atoms with Crippen molar-refractivity contribution in [3.63, 3.8) is 0 Å². The van der Waals surface area contributed by atoms with Crippen LogP contribution in [0.4, 0.5) is 4.39 Å². The highest BCUT2D eigenvalue weighted by Crippen LogP contribution is 2.29. The minimum Gasteiger partial charge on any atom is -0.494 e. The van der Waals surface area contributed by atoms with E-state index in [2.05, 4.69) is 32.0 Å². The molecule has 0 N–H and O–H groups in total. The standard InChI is InChI=1S/C17H18ClFO/c1-11-4-5-13(8-12(11)2)9-15(18)14-6-7-16(19)17(10-14)20-3/h4-8,10,15H,9H2,1-3H3. The highest BCUT2D eigenvalue weighted by Gasteiger charge is 2.12. The van der Waals surface area contributed by atoms with Crippen molar-refractivity contribution in [2.75, 3.05) is 7.11 Å². The molecule has 0 heterocycles. The van der Waals surface area contributed by atoms with Crippen LogP contribution in [0.1, 0.15) is 27.6 Å². The average molecular weight is 293 g/mol. The van der Waals surface area contributed by atoms with Gasteiger partial charge in [0, 0.05) is 0 Å². The topological polar surface area (TPSA) is 9.23 Å². The summed E-state index contributed by atoms with van der Waals surface area (Å²) in [5, 5.41) is -0.202. The van der Waals surface area contributed by atoms with Gasteiger partial charge in [0.25, 0.3) is 0 Å². The van der Waals surface area contributed by atoms with Crippen molar-refractivity contribution in [1.29, 1.82) is 0 Å². The molecule has 0 aliphatic rings. The van der Waals surface area contributed by atoms with E-state index in [0.29, 0.717) is 6.42 Å². The molecule has 0 amide bonds. The summed E-state index contributed by atoms with van der Waals surface area (Å²) in [6, 6.07) is 11.1. The number of alkyl halides is 1. The third-order valence-electron chi connectivity index (χ3n) is 3.52. The lowest BCUT2D eigenvalue weighted by Crippen LogP contribution is -1.98. The van der Waals surface area contributed by atoms with Crippen molar-refractivity contribution in [2.24, 2.45) is 0 Å². The molecule has 0 saturated heterocycles. The fourth-order valence-corrected chi connectivity index (χ4v) is 2.44. The van der Waals surface area contributed by atoms with Crippen LogP contribution in [0.15, 0.2) is 36.4 Å². The summed E-state index contributed by atoms with van der Waals surface area (Å²) in [4.78, 5) is 0. The third-order valence-corrected chi connectivity index (χ3v) is 3.93. The van der Waals surface area contributed by atoms with Gasteiger partial charge < -0.3 is 4.74 Å². The lowest BCUT2D eigenvalue weighted by molar-refractivity contribution is 0.386. The lowest BCUT2D eigenvalue weighted by atomic mass is 10.00. The third kappa shape index (κ3) is 3.31. The van der Waals surface area contributed by atoms with Crippen LogP contribution in [-0.4, -0.2) is 7.11 Å². The second kappa shape index (κ2) is 6.27. The first kappa shape index (κ1) is 14.9. The van der Waals surface area contributed by atoms with Crippen LogP contribution in [0, 0.1) is 19.7 Å². The molecule has 2 aromatic rings. The first-order chi connectivity index (χ1) is 9.51. The van der Waals surface area contributed by atoms with Gasteiger partial charge in [0.2, 0.25) is 0 Å². The van der Waals surface area contributed by atoms with E-state index in [9.17, 15) is 4.39 Å². The first-order valence-corrected chi connectivity index (χ1v) is 6.98. The van der Waals surface area contributed by atoms with E-state index < -0.39 is 0 Å². The smallest absolute Gasteiger partial charge is 0.165 e. The van der Waals surface area contributed by atoms with Crippen LogP contribution in [0.25, 0.3) is 0 Å². The fraction of sp³-hybridized carbons (Fsp3) is 0.294. The number of hydrogen-bond donors (Lipinski definition) is 0. The Balaban J connectivity index is 2.19. The van der Waals surface area contributed by atoms with Crippen molar-refractivity contribution in [3.05, 3.63) is 64.5 Å². The first-order valence-electron chi connectivity index (χ1n) is 6.55. The number of aryl methyl sites for hydroxylation is 2. The predicted octanol–water partition coefficient (Wildman–Crippen LogP) is 4.97. The number of rotatable bonds is 4. The van der Waals surface area contributed by atoms with Gasteiger partial charge in [-0.15, -0.1) is 11.6 Å². The van der Waals surface area contributed by atoms with E-state index in [1.54, 1.807) is 12.1 Å². The Morgan fingerprint density at radius 3 is 2.50 bits per heavy atom. The maximum absolute atomic E-state index is 13.4. The van der Waals surface area contributed by atoms with E-state index in [1.807, 2.05) is 0 Å². The Morgan fingerprint density at radius 1 is 1.10 bits per heavy atom. The van der Waals surface area contributed by atoms with Crippen molar-refractivity contribution in [2.45, 2.75) is 25.6 Å². The van der Waals surface area contributed by atoms with Crippen LogP contribution in [0.2, 0.25) is 0 Å². The molecule has 106 valence electrons. The largest absolute Gasteiger partial charge is 0.494 e. The van der Waals surface area contributed by atoms with E-state index in [1.165, 1.54) is 29.9 Å². The minimum atomic E-state index is -0.369. The number of ether oxygens (including phenoxy) is 1. The van der Waals surface area contributed by atoms with Crippen LogP contribution in [-0.2, 0) is 6.42 Å². The summed E-state index contributed by atoms with van der Waals surface area (Å²) in [5.74, 6) is -0.139. The maximum atomic E-state index is 13.4. The zero-order valence-electron chi connectivity index (χ0n) is 11.9. The number of halogens is 2. The monoisotopic (exact) mass is 292 g/mol. The van der Waals surface area contributed by atoms with Crippen LogP contribution in [0.3, 0.4) is 0 Å². The van der Waals surface area contributed by atoms with Crippen molar-refractivity contribution in [1.82, 2.24) is 0 Å². The lowest BCUT2D eigenvalue weighted by Gasteiger charge is -2.13. The Labute approximate surface area is 124 Å². The zero-order chi connectivity index (χ0) is 14.7. The van der Waals surface area contributed by atoms with E-state index >= 15 is 0 Å². The molecule has 0 bridgehead atoms. The van der Waals surface area contributed by atoms with Crippen LogP contribution >= 0.6 is 11.6 Å². The molecule has 0 aromatic heterocycles. The van der Waals surface area contributed by atoms with E-state index in [-0.39, 0.29) is 16.9 Å². The van der Waals surface area contributed by atoms with Crippen molar-refractivity contribution < 1.29 is 9.13 Å². The normalized spacial score (nSPS) is 12.2. The Hall–Kier alpha value is -1.54. The summed E-state index contributed by atoms with van der Waals surface area (Å²) in [5.41, 5.74) is 4.56. The Morgan fingerprint density at radius 2 is 1.85 bits per heavy atom. The summed E-state index contributed by atoms with van der Waals surface area (Å²) in [6.45, 7) is 4.17. The van der Waals surface area contributed by atoms with E-state index in [0.717, 1.165) is 5.56 Å². The molecule has 0 aliphatic carbocycles. The molecule has 1 atom stereocenters. The molecule has 2 aromatic carbocycles. The molecule has 0 aliphatic heterocycles. The fourth-order valence-electron chi connectivity index (χ4n) is 2.13. The number of methoxy groups -OCH3 is 1. The zero-order valence-corrected chi connectivity index (χ0v) is 12.7. The van der Waals surface area contributed by atoms with Crippen molar-refractivity contribution >= 4 is 11.6 Å². The van der Waals surface area contributed by atoms with Gasteiger partial charge in [-0.1, -0.05) is 24.3 Å². The number of hydrogen-bond acceptors (Lipinski definition) is 1. The Kier molecular flexibility index (Phi) is 4.66. The summed E-state index contributed by atoms with van der Waals surface area (Å²) < 4.78 is 18.4. The van der Waals surface area contributed by atoms with Gasteiger partial charge in [0.1, 0.15) is 0 Å². The summed E-state index contributed by atoms with van der Waals surface area (Å²) >= 11 is 6.44. The molecule has 0 radical (unpaired) electrons. The average Bonchev–Trinajstić information content (AvgIpc) is 2.43. The molecule has 1 unspecified atom stereocenters. The van der Waals surface area contributed by atoms with Gasteiger partial charge in [0.05, 0.1) is 12.5 Å². The van der Waals surface area contributed by atoms with Gasteiger partial charge in [-0.25, -0.2) is 4.39 Å². The molecule has 1 nitrogen and oxygen atoms in total. The number of benzene rings is 2. The summed E-state index contributed by atoms with van der Waals surface area (Å²) in [7, 11) is 1.45. The minimum absolute atomic E-state index is 0.202.